The Morgan fingerprint density at radius 3 is 2.50 bits per heavy atom. The molecule has 0 saturated heterocycles. The van der Waals surface area contributed by atoms with E-state index in [1.807, 2.05) is 49.4 Å². The molecule has 0 aliphatic carbocycles. The lowest BCUT2D eigenvalue weighted by Gasteiger charge is -2.24. The Morgan fingerprint density at radius 2 is 1.79 bits per heavy atom. The lowest BCUT2D eigenvalue weighted by atomic mass is 10.1. The molecule has 4 rings (SSSR count). The smallest absolute Gasteiger partial charge is 0.274 e. The van der Waals surface area contributed by atoms with Crippen LogP contribution in [0.25, 0.3) is 0 Å². The monoisotopic (exact) mass is 372 g/mol. The average molecular weight is 372 g/mol. The van der Waals surface area contributed by atoms with Gasteiger partial charge in [-0.3, -0.25) is 4.79 Å². The van der Waals surface area contributed by atoms with Gasteiger partial charge in [0, 0.05) is 24.8 Å². The van der Waals surface area contributed by atoms with E-state index in [-0.39, 0.29) is 5.91 Å². The summed E-state index contributed by atoms with van der Waals surface area (Å²) in [5.74, 6) is 0.681. The fourth-order valence-corrected chi connectivity index (χ4v) is 3.78. The highest BCUT2D eigenvalue weighted by atomic mass is 16.2. The van der Waals surface area contributed by atoms with Crippen LogP contribution >= 0.6 is 0 Å². The highest BCUT2D eigenvalue weighted by Crippen LogP contribution is 2.36. The summed E-state index contributed by atoms with van der Waals surface area (Å²) in [5, 5.41) is 8.64. The molecule has 0 spiro atoms. The number of para-hydroxylation sites is 1. The fourth-order valence-electron chi connectivity index (χ4n) is 3.78. The number of rotatable bonds is 5. The van der Waals surface area contributed by atoms with E-state index in [1.54, 1.807) is 11.0 Å². The first-order valence-corrected chi connectivity index (χ1v) is 9.71. The van der Waals surface area contributed by atoms with Crippen LogP contribution < -0.4 is 4.90 Å². The Bertz CT molecular complexity index is 956. The molecule has 1 atom stereocenters. The predicted octanol–water partition coefficient (Wildman–Crippen LogP) is 4.22. The highest BCUT2D eigenvalue weighted by Gasteiger charge is 2.28. The summed E-state index contributed by atoms with van der Waals surface area (Å²) in [5.41, 5.74) is 3.96. The maximum atomic E-state index is 12.9. The molecule has 1 aliphatic rings. The normalized spacial score (nSPS) is 15.4. The van der Waals surface area contributed by atoms with Crippen LogP contribution in [0.5, 0.6) is 0 Å². The zero-order valence-electron chi connectivity index (χ0n) is 16.2. The molecular formula is C23H24N4O. The molecule has 1 aromatic heterocycles. The van der Waals surface area contributed by atoms with Gasteiger partial charge >= 0.3 is 0 Å². The lowest BCUT2D eigenvalue weighted by Crippen LogP contribution is -2.31. The zero-order valence-corrected chi connectivity index (χ0v) is 16.2. The third-order valence-electron chi connectivity index (χ3n) is 5.21. The first-order chi connectivity index (χ1) is 13.7. The first kappa shape index (κ1) is 18.2. The Morgan fingerprint density at radius 1 is 1.04 bits per heavy atom. The second-order valence-electron chi connectivity index (χ2n) is 7.13. The number of carbonyl (C=O) groups is 1. The quantitative estimate of drug-likeness (QED) is 0.673. The summed E-state index contributed by atoms with van der Waals surface area (Å²) in [7, 11) is 0. The Labute approximate surface area is 165 Å². The van der Waals surface area contributed by atoms with Gasteiger partial charge in [-0.05, 0) is 49.6 Å². The van der Waals surface area contributed by atoms with E-state index in [4.69, 9.17) is 0 Å². The fraction of sp³-hybridized carbons (Fsp3) is 0.261. The van der Waals surface area contributed by atoms with Crippen molar-refractivity contribution in [2.45, 2.75) is 32.9 Å². The Kier molecular flexibility index (Phi) is 5.06. The number of benzene rings is 2. The van der Waals surface area contributed by atoms with Crippen molar-refractivity contribution in [1.82, 2.24) is 15.1 Å². The van der Waals surface area contributed by atoms with Gasteiger partial charge < -0.3 is 9.80 Å². The summed E-state index contributed by atoms with van der Waals surface area (Å²) in [6.07, 6.45) is 0.985. The second-order valence-corrected chi connectivity index (χ2v) is 7.13. The SMILES string of the molecule is CCN(Cc1ccccc1)C(=O)c1ccc(N2c3ccccc3CC2C)nn1. The molecule has 1 aliphatic heterocycles. The van der Waals surface area contributed by atoms with Crippen LogP contribution in [0, 0.1) is 0 Å². The van der Waals surface area contributed by atoms with Gasteiger partial charge in [-0.1, -0.05) is 48.5 Å². The molecule has 0 bridgehead atoms. The molecule has 2 aromatic carbocycles. The maximum Gasteiger partial charge on any atom is 0.274 e. The van der Waals surface area contributed by atoms with E-state index in [1.165, 1.54) is 11.3 Å². The van der Waals surface area contributed by atoms with Crippen LogP contribution in [-0.4, -0.2) is 33.6 Å². The average Bonchev–Trinajstić information content (AvgIpc) is 3.08. The van der Waals surface area contributed by atoms with Crippen LogP contribution in [0.1, 0.15) is 35.5 Å². The summed E-state index contributed by atoms with van der Waals surface area (Å²) in [6, 6.07) is 22.4. The third-order valence-corrected chi connectivity index (χ3v) is 5.21. The van der Waals surface area contributed by atoms with Gasteiger partial charge in [0.25, 0.3) is 5.91 Å². The number of fused-ring (bicyclic) bond motifs is 1. The second kappa shape index (κ2) is 7.80. The van der Waals surface area contributed by atoms with E-state index >= 15 is 0 Å². The van der Waals surface area contributed by atoms with Crippen molar-refractivity contribution in [3.8, 4) is 0 Å². The van der Waals surface area contributed by atoms with Crippen molar-refractivity contribution in [3.05, 3.63) is 83.6 Å². The zero-order chi connectivity index (χ0) is 19.5. The van der Waals surface area contributed by atoms with Gasteiger partial charge in [0.2, 0.25) is 0 Å². The van der Waals surface area contributed by atoms with Crippen molar-refractivity contribution in [3.63, 3.8) is 0 Å². The van der Waals surface area contributed by atoms with E-state index in [0.717, 1.165) is 17.8 Å². The number of hydrogen-bond donors (Lipinski definition) is 0. The van der Waals surface area contributed by atoms with Crippen molar-refractivity contribution in [2.24, 2.45) is 0 Å². The third kappa shape index (κ3) is 3.48. The van der Waals surface area contributed by atoms with Gasteiger partial charge in [-0.25, -0.2) is 0 Å². The van der Waals surface area contributed by atoms with Gasteiger partial charge in [-0.15, -0.1) is 10.2 Å². The number of hydrogen-bond acceptors (Lipinski definition) is 4. The number of anilines is 2. The standard InChI is InChI=1S/C23H24N4O/c1-3-26(16-18-9-5-4-6-10-18)23(28)20-13-14-22(25-24-20)27-17(2)15-19-11-7-8-12-21(19)27/h4-14,17H,3,15-16H2,1-2H3. The number of aromatic nitrogens is 2. The lowest BCUT2D eigenvalue weighted by molar-refractivity contribution is 0.0745. The van der Waals surface area contributed by atoms with Crippen LogP contribution in [0.15, 0.2) is 66.7 Å². The van der Waals surface area contributed by atoms with Crippen molar-refractivity contribution < 1.29 is 4.79 Å². The minimum Gasteiger partial charge on any atom is -0.333 e. The molecule has 28 heavy (non-hydrogen) atoms. The maximum absolute atomic E-state index is 12.9. The molecular weight excluding hydrogens is 348 g/mol. The molecule has 0 fully saturated rings. The number of nitrogens with zero attached hydrogens (tertiary/aromatic N) is 4. The van der Waals surface area contributed by atoms with Crippen molar-refractivity contribution in [1.29, 1.82) is 0 Å². The molecule has 2 heterocycles. The summed E-state index contributed by atoms with van der Waals surface area (Å²) >= 11 is 0. The molecule has 0 radical (unpaired) electrons. The van der Waals surface area contributed by atoms with Crippen molar-refractivity contribution >= 4 is 17.4 Å². The highest BCUT2D eigenvalue weighted by molar-refractivity contribution is 5.92. The molecule has 142 valence electrons. The van der Waals surface area contributed by atoms with Gasteiger partial charge in [-0.2, -0.15) is 0 Å². The molecule has 1 amide bonds. The minimum absolute atomic E-state index is 0.0970. The van der Waals surface area contributed by atoms with E-state index < -0.39 is 0 Å². The van der Waals surface area contributed by atoms with E-state index in [0.29, 0.717) is 24.8 Å². The van der Waals surface area contributed by atoms with Gasteiger partial charge in [0.05, 0.1) is 0 Å². The Hall–Kier alpha value is -3.21. The molecule has 3 aromatic rings. The number of amides is 1. The van der Waals surface area contributed by atoms with Crippen LogP contribution in [0.4, 0.5) is 11.5 Å². The van der Waals surface area contributed by atoms with Crippen LogP contribution in [0.2, 0.25) is 0 Å². The predicted molar refractivity (Wildman–Crippen MR) is 111 cm³/mol. The summed E-state index contributed by atoms with van der Waals surface area (Å²) in [6.45, 7) is 5.34. The number of carbonyl (C=O) groups excluding carboxylic acids is 1. The first-order valence-electron chi connectivity index (χ1n) is 9.71. The largest absolute Gasteiger partial charge is 0.333 e. The molecule has 0 saturated carbocycles. The van der Waals surface area contributed by atoms with E-state index in [9.17, 15) is 4.79 Å². The van der Waals surface area contributed by atoms with Crippen molar-refractivity contribution in [2.75, 3.05) is 11.4 Å². The topological polar surface area (TPSA) is 49.3 Å². The molecule has 5 nitrogen and oxygen atoms in total. The molecule has 5 heteroatoms. The van der Waals surface area contributed by atoms with E-state index in [2.05, 4.69) is 40.2 Å². The van der Waals surface area contributed by atoms with Crippen LogP contribution in [0.3, 0.4) is 0 Å². The Balaban J connectivity index is 1.53. The minimum atomic E-state index is -0.0970. The van der Waals surface area contributed by atoms with Gasteiger partial charge in [0.1, 0.15) is 0 Å². The molecule has 1 unspecified atom stereocenters. The summed E-state index contributed by atoms with van der Waals surface area (Å²) < 4.78 is 0. The van der Waals surface area contributed by atoms with Crippen LogP contribution in [-0.2, 0) is 13.0 Å². The molecule has 0 N–H and O–H groups in total. The van der Waals surface area contributed by atoms with Gasteiger partial charge in [0.15, 0.2) is 11.5 Å². The summed E-state index contributed by atoms with van der Waals surface area (Å²) in [4.78, 5) is 16.9.